The average molecular weight is 1550 g/mol. The second-order valence-electron chi connectivity index (χ2n) is 11.8. The van der Waals surface area contributed by atoms with Crippen LogP contribution in [0.5, 0.6) is 0 Å². The number of thioether (sulfide) groups is 2. The average Bonchev–Trinajstić information content (AvgIpc) is 4.86. The second-order valence-corrected chi connectivity index (χ2v) is 14.6. The first-order valence-electron chi connectivity index (χ1n) is 42.4. The SMILES string of the molecule is C1=CNNC1.C1=NCCC1.C1=NCCCN1.C1=NCCCO1.C1=NCCCS1.C1=NCCN1.C1=NCCO1.C1=NCCS1.C1=NOCC1.C1=NSCC1.C1COCOC1.CC.CC.CC.CC.CC.CC.CC.CC.CC.CC.CC.CC.CC.CC.CC.CC.CC.CC.CC.CC.CC.CC. The first-order valence-corrected chi connectivity index (χ1v) is 45.4. The van der Waals surface area contributed by atoms with E-state index in [4.69, 9.17) is 14.2 Å². The van der Waals surface area contributed by atoms with Crippen molar-refractivity contribution in [1.29, 1.82) is 0 Å². The summed E-state index contributed by atoms with van der Waals surface area (Å²) in [5.74, 6) is 3.66. The summed E-state index contributed by atoms with van der Waals surface area (Å²) in [6, 6.07) is 0. The number of hydrogen-bond donors (Lipinski definition) is 4. The van der Waals surface area contributed by atoms with Crippen molar-refractivity contribution in [1.82, 2.24) is 21.5 Å². The van der Waals surface area contributed by atoms with Crippen LogP contribution in [0.1, 0.15) is 356 Å². The molecule has 0 saturated carbocycles. The smallest absolute Gasteiger partial charge is 0.169 e. The van der Waals surface area contributed by atoms with Crippen molar-refractivity contribution in [3.05, 3.63) is 12.3 Å². The monoisotopic (exact) mass is 1540 g/mol. The Balaban J connectivity index is -0.0000000333. The van der Waals surface area contributed by atoms with Gasteiger partial charge < -0.3 is 39.8 Å². The number of rotatable bonds is 0. The molecule has 21 heteroatoms. The topological polar surface area (TPSA) is 206 Å². The van der Waals surface area contributed by atoms with Gasteiger partial charge in [0.25, 0.3) is 0 Å². The molecule has 0 aromatic heterocycles. The van der Waals surface area contributed by atoms with Crippen molar-refractivity contribution < 1.29 is 23.8 Å². The Hall–Kier alpha value is -3.50. The lowest BCUT2D eigenvalue weighted by Crippen LogP contribution is -2.19. The molecule has 0 aromatic carbocycles. The first-order chi connectivity index (χ1) is 51.5. The Kier molecular flexibility index (Phi) is 474. The zero-order valence-electron chi connectivity index (χ0n) is 78.7. The molecule has 0 aromatic rings. The minimum atomic E-state index is 0.500. The minimum absolute atomic E-state index is 0.500. The molecule has 0 radical (unpaired) electrons. The van der Waals surface area contributed by atoms with Crippen LogP contribution >= 0.6 is 35.5 Å². The molecule has 0 amide bonds. The molecule has 11 aliphatic rings. The van der Waals surface area contributed by atoms with Gasteiger partial charge in [0.05, 0.1) is 56.7 Å². The zero-order chi connectivity index (χ0) is 85.7. The number of aliphatic imine (C=N–C) groups is 7. The van der Waals surface area contributed by atoms with Crippen molar-refractivity contribution in [2.75, 3.05) is 123 Å². The molecule has 0 atom stereocenters. The number of hydrazine groups is 1. The predicted octanol–water partition coefficient (Wildman–Crippen LogP) is 26.9. The molecule has 11 heterocycles. The normalized spacial score (nSPS) is 13.0. The van der Waals surface area contributed by atoms with Gasteiger partial charge in [0.2, 0.25) is 0 Å². The Morgan fingerprint density at radius 1 is 0.320 bits per heavy atom. The van der Waals surface area contributed by atoms with Gasteiger partial charge in [-0.05, 0) is 56.7 Å². The highest BCUT2D eigenvalue weighted by Crippen LogP contribution is 2.07. The largest absolute Gasteiger partial charge is 0.483 e. The standard InChI is InChI=1S/C4H8N2.C4H7NO.C4H7NS.C4H7N.C4H8O2.2C3H6N2.2C3H5NO.2C3H5NS.22C2H6/c3*1-2-5-4-6-3-1;1-2-4-5-3-1;1-2-5-4-6-3-1;1-2-5-3-4-1;1-2-4-5-3-1;1-2-5-3-4-1;1-2-4-5-3-1;1-2-5-3-4-1;1-2-4-5-3-1;22*1-2/h4H,1-3H2,(H,5,6);2*4H,1-3H2;3H,1-2,4H2;1-4H2;3H,1-2H2,(H,4,5);1-2,4-5H,3H2;3H,1-2H2;2H,1,3H2;3H,1-2H2;2H,1,3H2;22*1-2H3. The summed E-state index contributed by atoms with van der Waals surface area (Å²) in [6.45, 7) is 103. The molecule has 18 nitrogen and oxygen atoms in total. The van der Waals surface area contributed by atoms with Gasteiger partial charge in [-0.1, -0.05) is 316 Å². The van der Waals surface area contributed by atoms with Gasteiger partial charge in [-0.2, -0.15) is 0 Å². The molecule has 1 fully saturated rings. The van der Waals surface area contributed by atoms with E-state index in [-0.39, 0.29) is 0 Å². The first kappa shape index (κ1) is 161. The van der Waals surface area contributed by atoms with Crippen molar-refractivity contribution >= 4 is 90.7 Å². The molecular formula is C82H201N13O5S3. The Labute approximate surface area is 667 Å². The highest BCUT2D eigenvalue weighted by Gasteiger charge is 1.95. The van der Waals surface area contributed by atoms with E-state index >= 15 is 0 Å². The molecule has 11 aliphatic heterocycles. The van der Waals surface area contributed by atoms with E-state index in [1.54, 1.807) is 54.4 Å². The fourth-order valence-corrected chi connectivity index (χ4v) is 5.49. The van der Waals surface area contributed by atoms with Gasteiger partial charge in [0.15, 0.2) is 12.8 Å². The maximum Gasteiger partial charge on any atom is 0.169 e. The number of hydrogen-bond acceptors (Lipinski definition) is 21. The van der Waals surface area contributed by atoms with Gasteiger partial charge in [-0.3, -0.25) is 34.9 Å². The van der Waals surface area contributed by atoms with Crippen molar-refractivity contribution in [3.8, 4) is 0 Å². The van der Waals surface area contributed by atoms with Gasteiger partial charge in [0, 0.05) is 101 Å². The molecule has 0 aliphatic carbocycles. The molecular weight excluding hydrogens is 1340 g/mol. The predicted molar refractivity (Wildman–Crippen MR) is 505 cm³/mol. The summed E-state index contributed by atoms with van der Waals surface area (Å²) < 4.78 is 23.0. The lowest BCUT2D eigenvalue weighted by molar-refractivity contribution is -0.0963. The van der Waals surface area contributed by atoms with Crippen LogP contribution in [0.4, 0.5) is 0 Å². The molecule has 0 spiro atoms. The van der Waals surface area contributed by atoms with E-state index in [1.807, 2.05) is 340 Å². The van der Waals surface area contributed by atoms with E-state index in [1.165, 1.54) is 62.2 Å². The Morgan fingerprint density at radius 3 is 0.864 bits per heavy atom. The van der Waals surface area contributed by atoms with Crippen LogP contribution in [-0.2, 0) is 23.8 Å². The maximum atomic E-state index is 4.85. The fourth-order valence-electron chi connectivity index (χ4n) is 3.83. The molecule has 4 N–H and O–H groups in total. The molecule has 103 heavy (non-hydrogen) atoms. The van der Waals surface area contributed by atoms with Crippen LogP contribution in [0.15, 0.2) is 56.8 Å². The third kappa shape index (κ3) is 298. The highest BCUT2D eigenvalue weighted by molar-refractivity contribution is 8.12. The maximum absolute atomic E-state index is 4.85. The molecule has 1 saturated heterocycles. The fraction of sp³-hybridized carbons (Fsp3) is 0.866. The van der Waals surface area contributed by atoms with Crippen LogP contribution < -0.4 is 21.5 Å². The van der Waals surface area contributed by atoms with Gasteiger partial charge >= 0.3 is 0 Å². The van der Waals surface area contributed by atoms with Crippen LogP contribution in [-0.4, -0.2) is 178 Å². The minimum Gasteiger partial charge on any atom is -0.483 e. The summed E-state index contributed by atoms with van der Waals surface area (Å²) >= 11 is 5.23. The lowest BCUT2D eigenvalue weighted by Gasteiger charge is -2.09. The number of ether oxygens (including phenoxy) is 4. The summed E-state index contributed by atoms with van der Waals surface area (Å²) in [7, 11) is 0. The van der Waals surface area contributed by atoms with E-state index in [9.17, 15) is 0 Å². The van der Waals surface area contributed by atoms with Crippen LogP contribution in [0, 0.1) is 0 Å². The van der Waals surface area contributed by atoms with Gasteiger partial charge in [-0.15, -0.1) is 23.5 Å². The van der Waals surface area contributed by atoms with Crippen LogP contribution in [0.3, 0.4) is 0 Å². The highest BCUT2D eigenvalue weighted by atomic mass is 32.2. The third-order valence-corrected chi connectivity index (χ3v) is 8.98. The van der Waals surface area contributed by atoms with Crippen LogP contribution in [0.2, 0.25) is 0 Å². The Morgan fingerprint density at radius 2 is 0.757 bits per heavy atom. The summed E-state index contributed by atoms with van der Waals surface area (Å²) in [4.78, 5) is 31.8. The van der Waals surface area contributed by atoms with Crippen molar-refractivity contribution in [3.63, 3.8) is 0 Å². The number of nitrogens with one attached hydrogen (secondary N) is 4. The molecule has 11 rings (SSSR count). The van der Waals surface area contributed by atoms with Crippen LogP contribution in [0.25, 0.3) is 0 Å². The zero-order valence-corrected chi connectivity index (χ0v) is 81.2. The van der Waals surface area contributed by atoms with Gasteiger partial charge in [0.1, 0.15) is 20.0 Å². The van der Waals surface area contributed by atoms with Crippen molar-refractivity contribution in [2.45, 2.75) is 356 Å². The van der Waals surface area contributed by atoms with E-state index in [0.29, 0.717) is 6.79 Å². The van der Waals surface area contributed by atoms with E-state index < -0.39 is 0 Å². The lowest BCUT2D eigenvalue weighted by atomic mass is 10.4. The summed E-state index contributed by atoms with van der Waals surface area (Å²) in [5.41, 5.74) is 9.49. The second kappa shape index (κ2) is 304. The quantitative estimate of drug-likeness (QED) is 0.167. The Bertz CT molecular complexity index is 934. The van der Waals surface area contributed by atoms with E-state index in [2.05, 4.69) is 75.6 Å². The van der Waals surface area contributed by atoms with Gasteiger partial charge in [-0.25, -0.2) is 9.82 Å². The molecule has 642 valence electrons. The third-order valence-electron chi connectivity index (χ3n) is 6.72. The molecule has 0 bridgehead atoms. The summed E-state index contributed by atoms with van der Waals surface area (Å²) in [6.07, 6.45) is 25.3. The molecule has 0 unspecified atom stereocenters. The number of oxime groups is 1. The summed E-state index contributed by atoms with van der Waals surface area (Å²) in [5, 5.41) is 9.38. The van der Waals surface area contributed by atoms with Crippen molar-refractivity contribution in [2.24, 2.45) is 44.5 Å². The van der Waals surface area contributed by atoms with E-state index in [0.717, 1.165) is 118 Å². The number of nitrogens with zero attached hydrogens (tertiary/aromatic N) is 9.